The normalized spacial score (nSPS) is 29.7. The van der Waals surface area contributed by atoms with Gasteiger partial charge in [0, 0.05) is 41.3 Å². The number of aromatic nitrogens is 1. The first-order valence-corrected chi connectivity index (χ1v) is 17.2. The van der Waals surface area contributed by atoms with Crippen molar-refractivity contribution in [3.63, 3.8) is 0 Å². The molecule has 1 saturated heterocycles. The molecule has 2 fully saturated rings. The topological polar surface area (TPSA) is 117 Å². The smallest absolute Gasteiger partial charge is 0.241 e. The first kappa shape index (κ1) is 28.6. The van der Waals surface area contributed by atoms with Crippen molar-refractivity contribution in [3.8, 4) is 0 Å². The van der Waals surface area contributed by atoms with Crippen molar-refractivity contribution < 1.29 is 23.1 Å². The molecule has 212 valence electrons. The molecule has 0 radical (unpaired) electrons. The van der Waals surface area contributed by atoms with Crippen molar-refractivity contribution in [2.45, 2.75) is 57.0 Å². The van der Waals surface area contributed by atoms with Gasteiger partial charge in [-0.1, -0.05) is 39.0 Å². The molecule has 1 saturated carbocycles. The zero-order chi connectivity index (χ0) is 27.9. The molecule has 0 spiro atoms. The van der Waals surface area contributed by atoms with Crippen molar-refractivity contribution in [1.29, 1.82) is 0 Å². The second-order valence-corrected chi connectivity index (χ2v) is 15.8. The number of carbonyl (C=O) groups is 2. The molecule has 6 atom stereocenters. The van der Waals surface area contributed by atoms with Gasteiger partial charge in [0.15, 0.2) is 15.0 Å². The number of carbonyl (C=O) groups excluding carboxylic acids is 2. The van der Waals surface area contributed by atoms with Crippen molar-refractivity contribution in [1.82, 2.24) is 9.88 Å². The number of nitrogens with one attached hydrogen (secondary N) is 1. The fourth-order valence-electron chi connectivity index (χ4n) is 6.89. The largest absolute Gasteiger partial charge is 0.392 e. The number of hydrogen-bond acceptors (Lipinski definition) is 8. The Kier molecular flexibility index (Phi) is 8.16. The molecule has 2 N–H and O–H groups in total. The highest BCUT2D eigenvalue weighted by Crippen LogP contribution is 2.57. The standard InChI is InChI=1S/C28H37N3O5S3/c1-17(26(34)31-11-13-37-14-12-31)20-9-10-28(3)15-21-24(18(2)23(28)25(20)33)30-27(38-21)29-22(32)16-39(35,36)19-7-5-4-6-8-19/h4-8,17-18,20,23,25,33H,9-16H2,1-3H3,(H,29,30,32)/t17-,18-,20+,23+,25-,28+/m0/s1. The number of hydrogen-bond donors (Lipinski definition) is 2. The molecule has 1 aromatic carbocycles. The van der Waals surface area contributed by atoms with Gasteiger partial charge in [0.2, 0.25) is 11.8 Å². The Hall–Kier alpha value is -1.95. The Balaban J connectivity index is 1.30. The van der Waals surface area contributed by atoms with E-state index in [0.717, 1.165) is 54.4 Å². The molecular weight excluding hydrogens is 555 g/mol. The van der Waals surface area contributed by atoms with Crippen LogP contribution in [0.25, 0.3) is 0 Å². The molecule has 1 aliphatic heterocycles. The van der Waals surface area contributed by atoms with Gasteiger partial charge in [-0.15, -0.1) is 11.3 Å². The summed E-state index contributed by atoms with van der Waals surface area (Å²) in [5.41, 5.74) is 0.715. The van der Waals surface area contributed by atoms with Gasteiger partial charge in [-0.2, -0.15) is 11.8 Å². The molecule has 3 aliphatic rings. The molecule has 8 nitrogen and oxygen atoms in total. The summed E-state index contributed by atoms with van der Waals surface area (Å²) in [4.78, 5) is 33.8. The summed E-state index contributed by atoms with van der Waals surface area (Å²) in [7, 11) is -3.76. The minimum atomic E-state index is -3.76. The first-order valence-electron chi connectivity index (χ1n) is 13.6. The zero-order valence-electron chi connectivity index (χ0n) is 22.6. The molecular formula is C28H37N3O5S3. The molecule has 2 aliphatic carbocycles. The molecule has 2 aromatic rings. The maximum Gasteiger partial charge on any atom is 0.241 e. The van der Waals surface area contributed by atoms with Crippen molar-refractivity contribution in [3.05, 3.63) is 40.9 Å². The van der Waals surface area contributed by atoms with Gasteiger partial charge in [0.1, 0.15) is 5.75 Å². The van der Waals surface area contributed by atoms with Crippen molar-refractivity contribution in [2.75, 3.05) is 35.7 Å². The van der Waals surface area contributed by atoms with E-state index in [1.165, 1.54) is 23.5 Å². The number of fused-ring (bicyclic) bond motifs is 2. The SMILES string of the molecule is C[C@H](C(=O)N1CCSCC1)[C@H]1CC[C@]2(C)Cc3sc(NC(=O)CS(=O)(=O)c4ccccc4)nc3[C@@H](C)[C@@H]2[C@H]1O. The lowest BCUT2D eigenvalue weighted by Crippen LogP contribution is -2.54. The highest BCUT2D eigenvalue weighted by molar-refractivity contribution is 7.99. The number of sulfone groups is 1. The maximum atomic E-state index is 13.3. The number of thioether (sulfide) groups is 1. The Morgan fingerprint density at radius 1 is 1.23 bits per heavy atom. The second-order valence-electron chi connectivity index (χ2n) is 11.5. The number of rotatable bonds is 6. The van der Waals surface area contributed by atoms with Crippen LogP contribution < -0.4 is 5.32 Å². The monoisotopic (exact) mass is 591 g/mol. The lowest BCUT2D eigenvalue weighted by molar-refractivity contribution is -0.144. The summed E-state index contributed by atoms with van der Waals surface area (Å²) in [6.45, 7) is 7.82. The summed E-state index contributed by atoms with van der Waals surface area (Å²) in [5.74, 6) is 0.355. The van der Waals surface area contributed by atoms with Crippen molar-refractivity contribution >= 4 is 49.9 Å². The van der Waals surface area contributed by atoms with Gasteiger partial charge in [-0.3, -0.25) is 9.59 Å². The molecule has 0 bridgehead atoms. The predicted molar refractivity (Wildman–Crippen MR) is 155 cm³/mol. The van der Waals surface area contributed by atoms with E-state index in [1.54, 1.807) is 18.2 Å². The van der Waals surface area contributed by atoms with Crippen LogP contribution in [-0.2, 0) is 25.8 Å². The summed E-state index contributed by atoms with van der Waals surface area (Å²) >= 11 is 3.27. The Labute approximate surface area is 238 Å². The van der Waals surface area contributed by atoms with Gasteiger partial charge in [0.05, 0.1) is 16.7 Å². The number of amides is 2. The fourth-order valence-corrected chi connectivity index (χ4v) is 10.2. The lowest BCUT2D eigenvalue weighted by Gasteiger charge is -2.53. The maximum absolute atomic E-state index is 13.3. The van der Waals surface area contributed by atoms with Crippen LogP contribution in [0.4, 0.5) is 5.13 Å². The van der Waals surface area contributed by atoms with E-state index in [-0.39, 0.29) is 39.9 Å². The van der Waals surface area contributed by atoms with E-state index in [0.29, 0.717) is 5.13 Å². The quantitative estimate of drug-likeness (QED) is 0.525. The summed E-state index contributed by atoms with van der Waals surface area (Å²) < 4.78 is 25.3. The molecule has 39 heavy (non-hydrogen) atoms. The Morgan fingerprint density at radius 2 is 1.92 bits per heavy atom. The van der Waals surface area contributed by atoms with E-state index in [4.69, 9.17) is 4.98 Å². The summed E-state index contributed by atoms with van der Waals surface area (Å²) in [6, 6.07) is 7.94. The number of thiazole rings is 1. The molecule has 2 amide bonds. The van der Waals surface area contributed by atoms with Crippen LogP contribution in [0.15, 0.2) is 35.2 Å². The average Bonchev–Trinajstić information content (AvgIpc) is 3.30. The Morgan fingerprint density at radius 3 is 2.62 bits per heavy atom. The van der Waals surface area contributed by atoms with Crippen LogP contribution in [0, 0.1) is 23.2 Å². The summed E-state index contributed by atoms with van der Waals surface area (Å²) in [6.07, 6.45) is 1.82. The zero-order valence-corrected chi connectivity index (χ0v) is 25.1. The molecule has 5 rings (SSSR count). The average molecular weight is 592 g/mol. The number of nitrogens with zero attached hydrogens (tertiary/aromatic N) is 2. The minimum absolute atomic E-state index is 0.0554. The van der Waals surface area contributed by atoms with Crippen LogP contribution >= 0.6 is 23.1 Å². The lowest BCUT2D eigenvalue weighted by atomic mass is 9.53. The molecule has 0 unspecified atom stereocenters. The highest BCUT2D eigenvalue weighted by atomic mass is 32.2. The first-order chi connectivity index (χ1) is 18.5. The fraction of sp³-hybridized carbons (Fsp3) is 0.607. The number of aliphatic hydroxyl groups is 1. The molecule has 1 aromatic heterocycles. The second kappa shape index (κ2) is 11.1. The van der Waals surface area contributed by atoms with E-state index in [1.807, 2.05) is 23.6 Å². The van der Waals surface area contributed by atoms with E-state index >= 15 is 0 Å². The Bertz CT molecular complexity index is 1330. The van der Waals surface area contributed by atoms with E-state index in [9.17, 15) is 23.1 Å². The summed E-state index contributed by atoms with van der Waals surface area (Å²) in [5, 5.41) is 14.8. The van der Waals surface area contributed by atoms with Crippen LogP contribution in [0.5, 0.6) is 0 Å². The van der Waals surface area contributed by atoms with Gasteiger partial charge in [-0.05, 0) is 48.6 Å². The minimum Gasteiger partial charge on any atom is -0.392 e. The van der Waals surface area contributed by atoms with E-state index < -0.39 is 27.6 Å². The third kappa shape index (κ3) is 5.64. The van der Waals surface area contributed by atoms with Crippen LogP contribution in [0.2, 0.25) is 0 Å². The van der Waals surface area contributed by atoms with Gasteiger partial charge in [-0.25, -0.2) is 13.4 Å². The van der Waals surface area contributed by atoms with Gasteiger partial charge < -0.3 is 15.3 Å². The van der Waals surface area contributed by atoms with Crippen LogP contribution in [0.1, 0.15) is 50.1 Å². The number of anilines is 1. The van der Waals surface area contributed by atoms with Gasteiger partial charge in [0.25, 0.3) is 0 Å². The van der Waals surface area contributed by atoms with E-state index in [2.05, 4.69) is 19.2 Å². The van der Waals surface area contributed by atoms with Crippen LogP contribution in [-0.4, -0.2) is 71.7 Å². The third-order valence-corrected chi connectivity index (χ3v) is 12.5. The van der Waals surface area contributed by atoms with Crippen LogP contribution in [0.3, 0.4) is 0 Å². The molecule has 2 heterocycles. The predicted octanol–water partition coefficient (Wildman–Crippen LogP) is 3.82. The number of benzene rings is 1. The number of aliphatic hydroxyl groups excluding tert-OH is 1. The highest BCUT2D eigenvalue weighted by Gasteiger charge is 2.54. The van der Waals surface area contributed by atoms with Crippen molar-refractivity contribution in [2.24, 2.45) is 23.2 Å². The van der Waals surface area contributed by atoms with Gasteiger partial charge >= 0.3 is 0 Å². The molecule has 11 heteroatoms. The third-order valence-electron chi connectivity index (χ3n) is 8.95.